The van der Waals surface area contributed by atoms with Crippen molar-refractivity contribution in [1.82, 2.24) is 15.1 Å². The van der Waals surface area contributed by atoms with Gasteiger partial charge in [-0.05, 0) is 25.9 Å². The van der Waals surface area contributed by atoms with Crippen molar-refractivity contribution in [2.45, 2.75) is 31.9 Å². The highest BCUT2D eigenvalue weighted by Gasteiger charge is 2.25. The molecule has 0 atom stereocenters. The minimum atomic E-state index is 0.372. The van der Waals surface area contributed by atoms with Gasteiger partial charge < -0.3 is 10.1 Å². The van der Waals surface area contributed by atoms with Crippen molar-refractivity contribution in [2.75, 3.05) is 19.7 Å². The Morgan fingerprint density at radius 3 is 3.00 bits per heavy atom. The molecule has 0 bridgehead atoms. The van der Waals surface area contributed by atoms with Crippen molar-refractivity contribution in [3.63, 3.8) is 0 Å². The van der Waals surface area contributed by atoms with E-state index < -0.39 is 0 Å². The van der Waals surface area contributed by atoms with Crippen LogP contribution in [0.5, 0.6) is 0 Å². The van der Waals surface area contributed by atoms with Crippen molar-refractivity contribution in [1.29, 1.82) is 5.26 Å². The highest BCUT2D eigenvalue weighted by atomic mass is 16.5. The van der Waals surface area contributed by atoms with Crippen LogP contribution < -0.4 is 5.32 Å². The van der Waals surface area contributed by atoms with Gasteiger partial charge in [-0.2, -0.15) is 10.4 Å². The van der Waals surface area contributed by atoms with Crippen LogP contribution in [0.1, 0.15) is 35.8 Å². The van der Waals surface area contributed by atoms with E-state index >= 15 is 0 Å². The highest BCUT2D eigenvalue weighted by molar-refractivity contribution is 5.37. The zero-order chi connectivity index (χ0) is 11.7. The summed E-state index contributed by atoms with van der Waals surface area (Å²) in [5.41, 5.74) is 2.83. The second kappa shape index (κ2) is 4.47. The number of hydrogen-bond acceptors (Lipinski definition) is 4. The quantitative estimate of drug-likeness (QED) is 0.776. The van der Waals surface area contributed by atoms with Crippen molar-refractivity contribution in [3.05, 3.63) is 17.0 Å². The van der Waals surface area contributed by atoms with E-state index in [-0.39, 0.29) is 0 Å². The number of nitrogens with zero attached hydrogens (tertiary/aromatic N) is 3. The topological polar surface area (TPSA) is 62.9 Å². The number of piperidine rings is 1. The molecule has 90 valence electrons. The molecule has 2 aliphatic heterocycles. The Hall–Kier alpha value is -1.38. The fourth-order valence-corrected chi connectivity index (χ4v) is 2.67. The second-order valence-electron chi connectivity index (χ2n) is 4.61. The summed E-state index contributed by atoms with van der Waals surface area (Å²) in [6, 6.07) is 2.70. The fourth-order valence-electron chi connectivity index (χ4n) is 2.67. The zero-order valence-electron chi connectivity index (χ0n) is 9.78. The largest absolute Gasteiger partial charge is 0.375 e. The smallest absolute Gasteiger partial charge is 0.142 e. The van der Waals surface area contributed by atoms with E-state index in [4.69, 9.17) is 4.74 Å². The lowest BCUT2D eigenvalue weighted by molar-refractivity contribution is 0.107. The lowest BCUT2D eigenvalue weighted by atomic mass is 10.1. The third kappa shape index (κ3) is 1.84. The maximum atomic E-state index is 9.33. The molecule has 0 unspecified atom stereocenters. The van der Waals surface area contributed by atoms with Gasteiger partial charge in [-0.1, -0.05) is 0 Å². The first-order chi connectivity index (χ1) is 8.40. The first kappa shape index (κ1) is 10.8. The van der Waals surface area contributed by atoms with Gasteiger partial charge in [0.25, 0.3) is 0 Å². The first-order valence-electron chi connectivity index (χ1n) is 6.19. The Labute approximate surface area is 100 Å². The molecule has 5 heteroatoms. The van der Waals surface area contributed by atoms with E-state index in [1.54, 1.807) is 0 Å². The number of ether oxygens (including phenoxy) is 1. The SMILES string of the molecule is N#Cc1c2c(nn1C1CCNCC1)COCC2. The van der Waals surface area contributed by atoms with Crippen molar-refractivity contribution in [3.8, 4) is 6.07 Å². The van der Waals surface area contributed by atoms with Gasteiger partial charge in [0.2, 0.25) is 0 Å². The Balaban J connectivity index is 1.98. The molecule has 2 aliphatic rings. The molecule has 1 fully saturated rings. The minimum absolute atomic E-state index is 0.372. The second-order valence-corrected chi connectivity index (χ2v) is 4.61. The molecule has 1 aromatic rings. The summed E-state index contributed by atoms with van der Waals surface area (Å²) in [6.07, 6.45) is 2.93. The third-order valence-corrected chi connectivity index (χ3v) is 3.59. The van der Waals surface area contributed by atoms with Crippen molar-refractivity contribution < 1.29 is 4.74 Å². The third-order valence-electron chi connectivity index (χ3n) is 3.59. The van der Waals surface area contributed by atoms with E-state index in [1.807, 2.05) is 4.68 Å². The van der Waals surface area contributed by atoms with Gasteiger partial charge in [-0.15, -0.1) is 0 Å². The molecule has 17 heavy (non-hydrogen) atoms. The monoisotopic (exact) mass is 232 g/mol. The molecule has 3 heterocycles. The molecular formula is C12H16N4O. The van der Waals surface area contributed by atoms with Gasteiger partial charge in [0.05, 0.1) is 24.9 Å². The molecule has 1 N–H and O–H groups in total. The van der Waals surface area contributed by atoms with Crippen LogP contribution in [-0.4, -0.2) is 29.5 Å². The lowest BCUT2D eigenvalue weighted by Gasteiger charge is -2.23. The molecule has 0 radical (unpaired) electrons. The van der Waals surface area contributed by atoms with Crippen LogP contribution in [0.4, 0.5) is 0 Å². The van der Waals surface area contributed by atoms with E-state index in [0.717, 1.165) is 49.3 Å². The number of nitrogens with one attached hydrogen (secondary N) is 1. The number of rotatable bonds is 1. The summed E-state index contributed by atoms with van der Waals surface area (Å²) >= 11 is 0. The fraction of sp³-hybridized carbons (Fsp3) is 0.667. The van der Waals surface area contributed by atoms with E-state index in [2.05, 4.69) is 16.5 Å². The Bertz CT molecular complexity index is 454. The van der Waals surface area contributed by atoms with Gasteiger partial charge in [0.1, 0.15) is 11.8 Å². The summed E-state index contributed by atoms with van der Waals surface area (Å²) in [6.45, 7) is 3.29. The zero-order valence-corrected chi connectivity index (χ0v) is 9.78. The average molecular weight is 232 g/mol. The minimum Gasteiger partial charge on any atom is -0.375 e. The molecule has 1 saturated heterocycles. The average Bonchev–Trinajstić information content (AvgIpc) is 2.78. The van der Waals surface area contributed by atoms with Crippen LogP contribution in [0, 0.1) is 11.3 Å². The van der Waals surface area contributed by atoms with Gasteiger partial charge >= 0.3 is 0 Å². The van der Waals surface area contributed by atoms with Crippen LogP contribution in [0.25, 0.3) is 0 Å². The maximum Gasteiger partial charge on any atom is 0.142 e. The van der Waals surface area contributed by atoms with Gasteiger partial charge in [0, 0.05) is 12.0 Å². The molecule has 0 aliphatic carbocycles. The molecule has 5 nitrogen and oxygen atoms in total. The number of nitriles is 1. The molecule has 0 spiro atoms. The van der Waals surface area contributed by atoms with E-state index in [0.29, 0.717) is 19.3 Å². The van der Waals surface area contributed by atoms with Crippen molar-refractivity contribution >= 4 is 0 Å². The summed E-state index contributed by atoms with van der Waals surface area (Å²) < 4.78 is 7.34. The summed E-state index contributed by atoms with van der Waals surface area (Å²) in [7, 11) is 0. The van der Waals surface area contributed by atoms with Crippen LogP contribution in [-0.2, 0) is 17.8 Å². The summed E-state index contributed by atoms with van der Waals surface area (Å²) in [4.78, 5) is 0. The van der Waals surface area contributed by atoms with Gasteiger partial charge in [0.15, 0.2) is 0 Å². The number of fused-ring (bicyclic) bond motifs is 1. The maximum absolute atomic E-state index is 9.33. The van der Waals surface area contributed by atoms with Crippen LogP contribution in [0.3, 0.4) is 0 Å². The van der Waals surface area contributed by atoms with Crippen LogP contribution in [0.2, 0.25) is 0 Å². The summed E-state index contributed by atoms with van der Waals surface area (Å²) in [5, 5.41) is 17.2. The molecule has 0 amide bonds. The van der Waals surface area contributed by atoms with Crippen molar-refractivity contribution in [2.24, 2.45) is 0 Å². The van der Waals surface area contributed by atoms with E-state index in [9.17, 15) is 5.26 Å². The van der Waals surface area contributed by atoms with Gasteiger partial charge in [-0.25, -0.2) is 0 Å². The number of hydrogen-bond donors (Lipinski definition) is 1. The Morgan fingerprint density at radius 1 is 1.41 bits per heavy atom. The Morgan fingerprint density at radius 2 is 2.24 bits per heavy atom. The highest BCUT2D eigenvalue weighted by Crippen LogP contribution is 2.26. The Kier molecular flexibility index (Phi) is 2.83. The first-order valence-corrected chi connectivity index (χ1v) is 6.19. The molecule has 0 aromatic carbocycles. The molecular weight excluding hydrogens is 216 g/mol. The predicted octanol–water partition coefficient (Wildman–Crippen LogP) is 0.752. The predicted molar refractivity (Wildman–Crippen MR) is 61.4 cm³/mol. The molecule has 3 rings (SSSR count). The standard InChI is InChI=1S/C12H16N4O/c13-7-12-10-3-6-17-8-11(10)15-16(12)9-1-4-14-5-2-9/h9,14H,1-6,8H2. The van der Waals surface area contributed by atoms with Crippen LogP contribution in [0.15, 0.2) is 0 Å². The summed E-state index contributed by atoms with van der Waals surface area (Å²) in [5.74, 6) is 0. The normalized spacial score (nSPS) is 20.9. The number of aromatic nitrogens is 2. The molecule has 1 aromatic heterocycles. The van der Waals surface area contributed by atoms with Gasteiger partial charge in [-0.3, -0.25) is 4.68 Å². The lowest BCUT2D eigenvalue weighted by Crippen LogP contribution is -2.30. The van der Waals surface area contributed by atoms with E-state index in [1.165, 1.54) is 0 Å². The van der Waals surface area contributed by atoms with Crippen LogP contribution >= 0.6 is 0 Å². The molecule has 0 saturated carbocycles.